The summed E-state index contributed by atoms with van der Waals surface area (Å²) in [6, 6.07) is 4.14. The van der Waals surface area contributed by atoms with E-state index >= 15 is 0 Å². The van der Waals surface area contributed by atoms with Crippen LogP contribution in [0.4, 0.5) is 5.69 Å². The monoisotopic (exact) mass is 272 g/mol. The lowest BCUT2D eigenvalue weighted by Crippen LogP contribution is -2.22. The van der Waals surface area contributed by atoms with Crippen molar-refractivity contribution in [3.8, 4) is 0 Å². The fourth-order valence-electron chi connectivity index (χ4n) is 1.07. The number of rotatable bonds is 3. The SMILES string of the molecule is CCNC(=O)c1cc(Br)cc([N+](=O)[O-])c1. The summed E-state index contributed by atoms with van der Waals surface area (Å²) in [7, 11) is 0. The average Bonchev–Trinajstić information content (AvgIpc) is 2.17. The Hall–Kier alpha value is -1.43. The van der Waals surface area contributed by atoms with Crippen molar-refractivity contribution in [1.82, 2.24) is 5.32 Å². The molecule has 0 aromatic heterocycles. The van der Waals surface area contributed by atoms with Gasteiger partial charge in [0.15, 0.2) is 0 Å². The molecule has 0 spiro atoms. The molecule has 6 heteroatoms. The molecule has 1 rings (SSSR count). The van der Waals surface area contributed by atoms with Crippen molar-refractivity contribution < 1.29 is 9.72 Å². The van der Waals surface area contributed by atoms with Gasteiger partial charge in [-0.2, -0.15) is 0 Å². The highest BCUT2D eigenvalue weighted by molar-refractivity contribution is 9.10. The number of amides is 1. The number of halogens is 1. The molecule has 15 heavy (non-hydrogen) atoms. The molecule has 1 aromatic rings. The zero-order valence-corrected chi connectivity index (χ0v) is 9.58. The second-order valence-corrected chi connectivity index (χ2v) is 3.73. The van der Waals surface area contributed by atoms with Gasteiger partial charge in [0.1, 0.15) is 0 Å². The lowest BCUT2D eigenvalue weighted by Gasteiger charge is -2.02. The van der Waals surface area contributed by atoms with E-state index in [4.69, 9.17) is 0 Å². The molecule has 1 amide bonds. The normalized spacial score (nSPS) is 9.73. The van der Waals surface area contributed by atoms with Crippen molar-refractivity contribution in [3.05, 3.63) is 38.3 Å². The number of nitrogens with zero attached hydrogens (tertiary/aromatic N) is 1. The molecule has 1 N–H and O–H groups in total. The van der Waals surface area contributed by atoms with Crippen LogP contribution in [0.3, 0.4) is 0 Å². The van der Waals surface area contributed by atoms with Gasteiger partial charge in [-0.25, -0.2) is 0 Å². The Kier molecular flexibility index (Phi) is 3.79. The zero-order valence-electron chi connectivity index (χ0n) is 7.99. The summed E-state index contributed by atoms with van der Waals surface area (Å²) in [6.07, 6.45) is 0. The Morgan fingerprint density at radius 1 is 1.53 bits per heavy atom. The predicted octanol–water partition coefficient (Wildman–Crippen LogP) is 2.11. The summed E-state index contributed by atoms with van der Waals surface area (Å²) in [5.74, 6) is -0.318. The van der Waals surface area contributed by atoms with Crippen molar-refractivity contribution in [2.45, 2.75) is 6.92 Å². The number of carbonyl (C=O) groups is 1. The second kappa shape index (κ2) is 4.88. The molecular formula is C9H9BrN2O3. The molecule has 1 aromatic carbocycles. The highest BCUT2D eigenvalue weighted by Gasteiger charge is 2.12. The number of carbonyl (C=O) groups excluding carboxylic acids is 1. The highest BCUT2D eigenvalue weighted by Crippen LogP contribution is 2.21. The lowest BCUT2D eigenvalue weighted by atomic mass is 10.2. The fraction of sp³-hybridized carbons (Fsp3) is 0.222. The smallest absolute Gasteiger partial charge is 0.271 e. The van der Waals surface area contributed by atoms with E-state index in [1.54, 1.807) is 6.92 Å². The van der Waals surface area contributed by atoms with Crippen LogP contribution in [0.5, 0.6) is 0 Å². The van der Waals surface area contributed by atoms with Gasteiger partial charge in [0, 0.05) is 28.7 Å². The lowest BCUT2D eigenvalue weighted by molar-refractivity contribution is -0.385. The topological polar surface area (TPSA) is 72.2 Å². The molecule has 0 atom stereocenters. The van der Waals surface area contributed by atoms with E-state index in [9.17, 15) is 14.9 Å². The van der Waals surface area contributed by atoms with Crippen molar-refractivity contribution in [2.24, 2.45) is 0 Å². The maximum Gasteiger partial charge on any atom is 0.271 e. The third-order valence-electron chi connectivity index (χ3n) is 1.69. The summed E-state index contributed by atoms with van der Waals surface area (Å²) < 4.78 is 0.512. The molecule has 0 unspecified atom stereocenters. The highest BCUT2D eigenvalue weighted by atomic mass is 79.9. The summed E-state index contributed by atoms with van der Waals surface area (Å²) in [5, 5.41) is 13.1. The van der Waals surface area contributed by atoms with Crippen molar-refractivity contribution in [2.75, 3.05) is 6.54 Å². The van der Waals surface area contributed by atoms with Crippen LogP contribution in [0.1, 0.15) is 17.3 Å². The quantitative estimate of drug-likeness (QED) is 0.677. The van der Waals surface area contributed by atoms with Crippen LogP contribution in [-0.2, 0) is 0 Å². The Balaban J connectivity index is 3.09. The molecular weight excluding hydrogens is 264 g/mol. The van der Waals surface area contributed by atoms with Crippen LogP contribution < -0.4 is 5.32 Å². The van der Waals surface area contributed by atoms with Gasteiger partial charge in [0.25, 0.3) is 11.6 Å². The minimum absolute atomic E-state index is 0.106. The molecule has 5 nitrogen and oxygen atoms in total. The summed E-state index contributed by atoms with van der Waals surface area (Å²) >= 11 is 3.12. The minimum Gasteiger partial charge on any atom is -0.352 e. The number of benzene rings is 1. The first-order chi connectivity index (χ1) is 7.04. The van der Waals surface area contributed by atoms with Gasteiger partial charge in [0.05, 0.1) is 4.92 Å². The maximum absolute atomic E-state index is 11.4. The molecule has 0 aliphatic heterocycles. The number of nitro benzene ring substituents is 1. The minimum atomic E-state index is -0.534. The molecule has 0 bridgehead atoms. The first kappa shape index (κ1) is 11.6. The van der Waals surface area contributed by atoms with Gasteiger partial charge in [-0.15, -0.1) is 0 Å². The molecule has 0 fully saturated rings. The number of non-ortho nitro benzene ring substituents is 1. The number of nitrogens with one attached hydrogen (secondary N) is 1. The van der Waals surface area contributed by atoms with Crippen LogP contribution in [-0.4, -0.2) is 17.4 Å². The van der Waals surface area contributed by atoms with Gasteiger partial charge in [-0.1, -0.05) is 15.9 Å². The molecule has 0 saturated heterocycles. The van der Waals surface area contributed by atoms with Gasteiger partial charge in [-0.05, 0) is 13.0 Å². The van der Waals surface area contributed by atoms with E-state index < -0.39 is 4.92 Å². The molecule has 0 radical (unpaired) electrons. The third kappa shape index (κ3) is 3.02. The number of hydrogen-bond donors (Lipinski definition) is 1. The Labute approximate surface area is 94.8 Å². The van der Waals surface area contributed by atoms with Crippen LogP contribution in [0.15, 0.2) is 22.7 Å². The van der Waals surface area contributed by atoms with E-state index in [1.807, 2.05) is 0 Å². The van der Waals surface area contributed by atoms with E-state index in [-0.39, 0.29) is 17.2 Å². The summed E-state index contributed by atoms with van der Waals surface area (Å²) in [4.78, 5) is 21.4. The third-order valence-corrected chi connectivity index (χ3v) is 2.15. The number of hydrogen-bond acceptors (Lipinski definition) is 3. The first-order valence-electron chi connectivity index (χ1n) is 4.27. The van der Waals surface area contributed by atoms with E-state index in [0.717, 1.165) is 0 Å². The summed E-state index contributed by atoms with van der Waals surface area (Å²) in [5.41, 5.74) is 0.170. The second-order valence-electron chi connectivity index (χ2n) is 2.81. The van der Waals surface area contributed by atoms with Crippen molar-refractivity contribution in [3.63, 3.8) is 0 Å². The standard InChI is InChI=1S/C9H9BrN2O3/c1-2-11-9(13)6-3-7(10)5-8(4-6)12(14)15/h3-5H,2H2,1H3,(H,11,13). The maximum atomic E-state index is 11.4. The zero-order chi connectivity index (χ0) is 11.4. The van der Waals surface area contributed by atoms with Gasteiger partial charge in [-0.3, -0.25) is 14.9 Å². The number of nitro groups is 1. The fourth-order valence-corrected chi connectivity index (χ4v) is 1.55. The van der Waals surface area contributed by atoms with Crippen LogP contribution in [0.25, 0.3) is 0 Å². The molecule has 80 valence electrons. The Morgan fingerprint density at radius 3 is 2.73 bits per heavy atom. The Morgan fingerprint density at radius 2 is 2.20 bits per heavy atom. The Bertz CT molecular complexity index is 406. The van der Waals surface area contributed by atoms with E-state index in [2.05, 4.69) is 21.2 Å². The van der Waals surface area contributed by atoms with Gasteiger partial charge >= 0.3 is 0 Å². The van der Waals surface area contributed by atoms with Crippen LogP contribution in [0.2, 0.25) is 0 Å². The summed E-state index contributed by atoms with van der Waals surface area (Å²) in [6.45, 7) is 2.27. The first-order valence-corrected chi connectivity index (χ1v) is 5.07. The van der Waals surface area contributed by atoms with Gasteiger partial charge < -0.3 is 5.32 Å². The van der Waals surface area contributed by atoms with Gasteiger partial charge in [0.2, 0.25) is 0 Å². The van der Waals surface area contributed by atoms with Crippen LogP contribution >= 0.6 is 15.9 Å². The predicted molar refractivity (Wildman–Crippen MR) is 58.8 cm³/mol. The largest absolute Gasteiger partial charge is 0.352 e. The molecule has 0 heterocycles. The van der Waals surface area contributed by atoms with Crippen molar-refractivity contribution in [1.29, 1.82) is 0 Å². The molecule has 0 saturated carbocycles. The molecule has 0 aliphatic carbocycles. The van der Waals surface area contributed by atoms with Crippen molar-refractivity contribution >= 4 is 27.5 Å². The van der Waals surface area contributed by atoms with E-state index in [1.165, 1.54) is 18.2 Å². The molecule has 0 aliphatic rings. The van der Waals surface area contributed by atoms with E-state index in [0.29, 0.717) is 11.0 Å². The average molecular weight is 273 g/mol. The van der Waals surface area contributed by atoms with Crippen LogP contribution in [0, 0.1) is 10.1 Å².